The highest BCUT2D eigenvalue weighted by Gasteiger charge is 2.28. The smallest absolute Gasteiger partial charge is 0.157 e. The van der Waals surface area contributed by atoms with E-state index in [0.29, 0.717) is 16.9 Å². The number of hydrogen-bond acceptors (Lipinski definition) is 3. The van der Waals surface area contributed by atoms with Gasteiger partial charge in [0.15, 0.2) is 10.3 Å². The molecule has 1 aromatic rings. The molecule has 11 heavy (non-hydrogen) atoms. The van der Waals surface area contributed by atoms with E-state index < -0.39 is 0 Å². The van der Waals surface area contributed by atoms with Crippen LogP contribution in [0, 0.1) is 0 Å². The number of epoxide rings is 1. The minimum Gasteiger partial charge on any atom is -0.368 e. The highest BCUT2D eigenvalue weighted by Crippen LogP contribution is 2.34. The first-order valence-corrected chi connectivity index (χ1v) is 3.83. The van der Waals surface area contributed by atoms with Gasteiger partial charge in [-0.15, -0.1) is 10.2 Å². The van der Waals surface area contributed by atoms with Crippen LogP contribution in [0.2, 0.25) is 10.3 Å². The Balaban J connectivity index is 2.42. The van der Waals surface area contributed by atoms with Crippen molar-refractivity contribution in [3.63, 3.8) is 0 Å². The zero-order valence-electron chi connectivity index (χ0n) is 5.42. The molecule has 2 heterocycles. The van der Waals surface area contributed by atoms with Gasteiger partial charge in [0.2, 0.25) is 0 Å². The van der Waals surface area contributed by atoms with Gasteiger partial charge in [0.25, 0.3) is 0 Å². The summed E-state index contributed by atoms with van der Waals surface area (Å²) in [5.41, 5.74) is 0.826. The van der Waals surface area contributed by atoms with Crippen LogP contribution >= 0.6 is 23.2 Å². The summed E-state index contributed by atoms with van der Waals surface area (Å²) in [6.07, 6.45) is 0.0792. The average Bonchev–Trinajstić information content (AvgIpc) is 2.76. The molecular weight excluding hydrogens is 187 g/mol. The number of halogens is 2. The van der Waals surface area contributed by atoms with Gasteiger partial charge in [0.05, 0.1) is 6.61 Å². The molecule has 0 aliphatic carbocycles. The summed E-state index contributed by atoms with van der Waals surface area (Å²) in [6.45, 7) is 0.696. The molecule has 58 valence electrons. The summed E-state index contributed by atoms with van der Waals surface area (Å²) in [7, 11) is 0. The molecule has 0 radical (unpaired) electrons. The van der Waals surface area contributed by atoms with Gasteiger partial charge in [0, 0.05) is 5.56 Å². The zero-order chi connectivity index (χ0) is 7.84. The summed E-state index contributed by atoms with van der Waals surface area (Å²) in [4.78, 5) is 0. The maximum Gasteiger partial charge on any atom is 0.157 e. The van der Waals surface area contributed by atoms with Crippen molar-refractivity contribution in [2.24, 2.45) is 0 Å². The van der Waals surface area contributed by atoms with Gasteiger partial charge in [-0.3, -0.25) is 0 Å². The monoisotopic (exact) mass is 190 g/mol. The molecule has 1 fully saturated rings. The first-order valence-electron chi connectivity index (χ1n) is 3.07. The third-order valence-corrected chi connectivity index (χ3v) is 1.90. The fourth-order valence-electron chi connectivity index (χ4n) is 0.820. The lowest BCUT2D eigenvalue weighted by Crippen LogP contribution is -1.90. The zero-order valence-corrected chi connectivity index (χ0v) is 6.93. The van der Waals surface area contributed by atoms with Crippen LogP contribution in [0.3, 0.4) is 0 Å². The van der Waals surface area contributed by atoms with Crippen LogP contribution in [-0.4, -0.2) is 16.8 Å². The van der Waals surface area contributed by atoms with Crippen molar-refractivity contribution in [1.82, 2.24) is 10.2 Å². The van der Waals surface area contributed by atoms with Crippen molar-refractivity contribution >= 4 is 23.2 Å². The lowest BCUT2D eigenvalue weighted by molar-refractivity contribution is 0.415. The van der Waals surface area contributed by atoms with Crippen LogP contribution in [0.5, 0.6) is 0 Å². The number of aromatic nitrogens is 2. The van der Waals surface area contributed by atoms with Crippen LogP contribution in [0.15, 0.2) is 6.07 Å². The van der Waals surface area contributed by atoms with Crippen molar-refractivity contribution < 1.29 is 4.74 Å². The number of hydrogen-bond donors (Lipinski definition) is 0. The van der Waals surface area contributed by atoms with Crippen LogP contribution in [-0.2, 0) is 4.74 Å². The molecule has 0 spiro atoms. The molecule has 0 amide bonds. The quantitative estimate of drug-likeness (QED) is 0.635. The van der Waals surface area contributed by atoms with Gasteiger partial charge in [-0.25, -0.2) is 0 Å². The molecule has 5 heteroatoms. The van der Waals surface area contributed by atoms with E-state index in [-0.39, 0.29) is 6.10 Å². The topological polar surface area (TPSA) is 38.3 Å². The Bertz CT molecular complexity index is 288. The third kappa shape index (κ3) is 1.45. The minimum atomic E-state index is 0.0792. The maximum atomic E-state index is 5.72. The molecule has 1 aromatic heterocycles. The summed E-state index contributed by atoms with van der Waals surface area (Å²) in [5, 5.41) is 7.94. The van der Waals surface area contributed by atoms with Crippen molar-refractivity contribution in [3.05, 3.63) is 21.9 Å². The van der Waals surface area contributed by atoms with E-state index in [4.69, 9.17) is 27.9 Å². The fourth-order valence-corrected chi connectivity index (χ4v) is 1.19. The highest BCUT2D eigenvalue weighted by molar-refractivity contribution is 6.31. The Labute approximate surface area is 73.3 Å². The molecule has 1 aliphatic heterocycles. The molecule has 0 N–H and O–H groups in total. The summed E-state index contributed by atoms with van der Waals surface area (Å²) < 4.78 is 5.02. The molecule has 0 aromatic carbocycles. The van der Waals surface area contributed by atoms with Crippen molar-refractivity contribution in [1.29, 1.82) is 0 Å². The Hall–Kier alpha value is -0.380. The van der Waals surface area contributed by atoms with E-state index in [0.717, 1.165) is 5.56 Å². The summed E-state index contributed by atoms with van der Waals surface area (Å²) in [6, 6.07) is 1.68. The molecule has 1 aliphatic rings. The van der Waals surface area contributed by atoms with Crippen LogP contribution < -0.4 is 0 Å². The lowest BCUT2D eigenvalue weighted by atomic mass is 10.2. The molecule has 0 saturated carbocycles. The van der Waals surface area contributed by atoms with Gasteiger partial charge in [0.1, 0.15) is 6.10 Å². The second kappa shape index (κ2) is 2.59. The van der Waals surface area contributed by atoms with Crippen LogP contribution in [0.4, 0.5) is 0 Å². The Morgan fingerprint density at radius 1 is 1.45 bits per heavy atom. The molecule has 0 bridgehead atoms. The first kappa shape index (κ1) is 7.28. The van der Waals surface area contributed by atoms with Gasteiger partial charge < -0.3 is 4.74 Å². The van der Waals surface area contributed by atoms with Crippen LogP contribution in [0.25, 0.3) is 0 Å². The lowest BCUT2D eigenvalue weighted by Gasteiger charge is -1.96. The van der Waals surface area contributed by atoms with Crippen molar-refractivity contribution in [2.75, 3.05) is 6.61 Å². The van der Waals surface area contributed by atoms with E-state index in [1.54, 1.807) is 6.07 Å². The number of nitrogens with zero attached hydrogens (tertiary/aromatic N) is 2. The molecule has 1 atom stereocenters. The number of rotatable bonds is 1. The van der Waals surface area contributed by atoms with Gasteiger partial charge in [-0.2, -0.15) is 0 Å². The summed E-state index contributed by atoms with van der Waals surface area (Å²) in [5.74, 6) is 0. The largest absolute Gasteiger partial charge is 0.368 e. The Kier molecular flexibility index (Phi) is 1.71. The molecule has 1 saturated heterocycles. The Morgan fingerprint density at radius 2 is 2.18 bits per heavy atom. The average molecular weight is 191 g/mol. The minimum absolute atomic E-state index is 0.0792. The fraction of sp³-hybridized carbons (Fsp3) is 0.333. The first-order chi connectivity index (χ1) is 5.27. The van der Waals surface area contributed by atoms with Crippen molar-refractivity contribution in [2.45, 2.75) is 6.10 Å². The van der Waals surface area contributed by atoms with Crippen molar-refractivity contribution in [3.8, 4) is 0 Å². The predicted octanol–water partition coefficient (Wildman–Crippen LogP) is 1.85. The van der Waals surface area contributed by atoms with E-state index >= 15 is 0 Å². The SMILES string of the molecule is Clc1cc([C@@H]2CO2)c(Cl)nn1. The predicted molar refractivity (Wildman–Crippen MR) is 40.7 cm³/mol. The Morgan fingerprint density at radius 3 is 2.82 bits per heavy atom. The molecule has 0 unspecified atom stereocenters. The van der Waals surface area contributed by atoms with E-state index in [1.807, 2.05) is 0 Å². The summed E-state index contributed by atoms with van der Waals surface area (Å²) >= 11 is 11.3. The maximum absolute atomic E-state index is 5.72. The second-order valence-corrected chi connectivity index (χ2v) is 2.98. The van der Waals surface area contributed by atoms with E-state index in [9.17, 15) is 0 Å². The van der Waals surface area contributed by atoms with Gasteiger partial charge >= 0.3 is 0 Å². The third-order valence-electron chi connectivity index (χ3n) is 1.43. The van der Waals surface area contributed by atoms with Crippen LogP contribution in [0.1, 0.15) is 11.7 Å². The van der Waals surface area contributed by atoms with E-state index in [2.05, 4.69) is 10.2 Å². The normalized spacial score (nSPS) is 21.8. The molecule has 3 nitrogen and oxygen atoms in total. The standard InChI is InChI=1S/C6H4Cl2N2O/c7-5-1-3(4-2-11-4)6(8)10-9-5/h1,4H,2H2/t4-/m0/s1. The van der Waals surface area contributed by atoms with E-state index in [1.165, 1.54) is 0 Å². The van der Waals surface area contributed by atoms with Gasteiger partial charge in [-0.1, -0.05) is 23.2 Å². The second-order valence-electron chi connectivity index (χ2n) is 2.24. The molecule has 2 rings (SSSR count). The van der Waals surface area contributed by atoms with Gasteiger partial charge in [-0.05, 0) is 6.07 Å². The highest BCUT2D eigenvalue weighted by atomic mass is 35.5. The number of ether oxygens (including phenoxy) is 1. The molecular formula is C6H4Cl2N2O.